The molecule has 9 heteroatoms. The van der Waals surface area contributed by atoms with Crippen molar-refractivity contribution in [3.63, 3.8) is 0 Å². The van der Waals surface area contributed by atoms with Crippen molar-refractivity contribution in [3.8, 4) is 17.2 Å². The molecule has 2 heterocycles. The van der Waals surface area contributed by atoms with E-state index in [0.29, 0.717) is 37.6 Å². The SMILES string of the molecule is CCCCCCCCOc1c(Br)cc(C(c2c(O)c3ccccc3oc2=O)c2c(O)c3ccccc3oc2=O)cc1Br. The summed E-state index contributed by atoms with van der Waals surface area (Å²) >= 11 is 7.17. The lowest BCUT2D eigenvalue weighted by Crippen LogP contribution is -2.21. The third-order valence-electron chi connectivity index (χ3n) is 7.32. The van der Waals surface area contributed by atoms with E-state index < -0.39 is 17.2 Å². The molecule has 0 aliphatic carbocycles. The summed E-state index contributed by atoms with van der Waals surface area (Å²) < 4.78 is 18.4. The predicted molar refractivity (Wildman–Crippen MR) is 170 cm³/mol. The molecule has 42 heavy (non-hydrogen) atoms. The van der Waals surface area contributed by atoms with Crippen LogP contribution in [-0.2, 0) is 0 Å². The maximum Gasteiger partial charge on any atom is 0.344 e. The minimum Gasteiger partial charge on any atom is -0.507 e. The van der Waals surface area contributed by atoms with Crippen LogP contribution in [0.1, 0.15) is 68.1 Å². The summed E-state index contributed by atoms with van der Waals surface area (Å²) in [7, 11) is 0. The monoisotopic (exact) mass is 696 g/mol. The van der Waals surface area contributed by atoms with E-state index in [1.54, 1.807) is 60.7 Å². The normalized spacial score (nSPS) is 11.5. The summed E-state index contributed by atoms with van der Waals surface area (Å²) in [5.74, 6) is -1.38. The molecule has 5 rings (SSSR count). The molecule has 0 saturated carbocycles. The molecule has 7 nitrogen and oxygen atoms in total. The quantitative estimate of drug-likeness (QED) is 0.105. The van der Waals surface area contributed by atoms with Gasteiger partial charge in [0.05, 0.1) is 43.4 Å². The Balaban J connectivity index is 1.64. The number of halogens is 2. The Morgan fingerprint density at radius 3 is 1.74 bits per heavy atom. The maximum atomic E-state index is 13.4. The van der Waals surface area contributed by atoms with Crippen molar-refractivity contribution < 1.29 is 23.8 Å². The second-order valence-corrected chi connectivity index (χ2v) is 11.9. The number of rotatable bonds is 11. The molecule has 0 aliphatic heterocycles. The van der Waals surface area contributed by atoms with E-state index in [0.717, 1.165) is 19.3 Å². The number of para-hydroxylation sites is 2. The number of hydrogen-bond donors (Lipinski definition) is 2. The van der Waals surface area contributed by atoms with Gasteiger partial charge in [-0.25, -0.2) is 9.59 Å². The third kappa shape index (κ3) is 5.99. The zero-order valence-corrected chi connectivity index (χ0v) is 26.2. The Labute approximate surface area is 259 Å². The highest BCUT2D eigenvalue weighted by Crippen LogP contribution is 2.45. The number of fused-ring (bicyclic) bond motifs is 2. The Kier molecular flexibility index (Phi) is 9.38. The van der Waals surface area contributed by atoms with Crippen LogP contribution in [0.2, 0.25) is 0 Å². The molecule has 0 saturated heterocycles. The molecular weight excluding hydrogens is 668 g/mol. The molecule has 0 amide bonds. The average Bonchev–Trinajstić information content (AvgIpc) is 2.97. The first kappa shape index (κ1) is 29.9. The molecule has 5 aromatic rings. The number of aromatic hydroxyl groups is 2. The van der Waals surface area contributed by atoms with Crippen LogP contribution < -0.4 is 16.0 Å². The largest absolute Gasteiger partial charge is 0.507 e. The van der Waals surface area contributed by atoms with Gasteiger partial charge in [-0.2, -0.15) is 0 Å². The van der Waals surface area contributed by atoms with Gasteiger partial charge >= 0.3 is 11.3 Å². The van der Waals surface area contributed by atoms with Gasteiger partial charge in [-0.15, -0.1) is 0 Å². The van der Waals surface area contributed by atoms with E-state index in [1.165, 1.54) is 19.3 Å². The highest BCUT2D eigenvalue weighted by molar-refractivity contribution is 9.11. The van der Waals surface area contributed by atoms with E-state index in [4.69, 9.17) is 13.6 Å². The number of benzene rings is 3. The van der Waals surface area contributed by atoms with E-state index in [2.05, 4.69) is 38.8 Å². The first-order valence-corrected chi connectivity index (χ1v) is 15.5. The van der Waals surface area contributed by atoms with Crippen LogP contribution in [0.25, 0.3) is 21.9 Å². The Morgan fingerprint density at radius 2 is 1.21 bits per heavy atom. The Morgan fingerprint density at radius 1 is 0.738 bits per heavy atom. The van der Waals surface area contributed by atoms with Gasteiger partial charge in [0.25, 0.3) is 0 Å². The van der Waals surface area contributed by atoms with Crippen molar-refractivity contribution in [1.82, 2.24) is 0 Å². The maximum absolute atomic E-state index is 13.4. The van der Waals surface area contributed by atoms with Gasteiger partial charge in [-0.3, -0.25) is 0 Å². The lowest BCUT2D eigenvalue weighted by molar-refractivity contribution is 0.300. The topological polar surface area (TPSA) is 110 Å². The zero-order chi connectivity index (χ0) is 29.8. The fourth-order valence-corrected chi connectivity index (χ4v) is 6.67. The summed E-state index contributed by atoms with van der Waals surface area (Å²) in [6.07, 6.45) is 6.79. The number of ether oxygens (including phenoxy) is 1. The Bertz CT molecular complexity index is 1740. The van der Waals surface area contributed by atoms with Crippen molar-refractivity contribution in [2.24, 2.45) is 0 Å². The molecule has 0 bridgehead atoms. The van der Waals surface area contributed by atoms with Crippen LogP contribution in [0.4, 0.5) is 0 Å². The minimum atomic E-state index is -1.24. The molecular formula is C33H30Br2O7. The third-order valence-corrected chi connectivity index (χ3v) is 8.49. The fraction of sp³-hybridized carbons (Fsp3) is 0.273. The minimum absolute atomic E-state index is 0.193. The Hall–Kier alpha value is -3.56. The zero-order valence-electron chi connectivity index (χ0n) is 23.0. The van der Waals surface area contributed by atoms with Crippen molar-refractivity contribution in [1.29, 1.82) is 0 Å². The molecule has 2 N–H and O–H groups in total. The molecule has 0 atom stereocenters. The smallest absolute Gasteiger partial charge is 0.344 e. The fourth-order valence-electron chi connectivity index (χ4n) is 5.22. The van der Waals surface area contributed by atoms with Gasteiger partial charge in [0.2, 0.25) is 0 Å². The van der Waals surface area contributed by atoms with Crippen LogP contribution in [0.3, 0.4) is 0 Å². The highest BCUT2D eigenvalue weighted by atomic mass is 79.9. The number of hydrogen-bond acceptors (Lipinski definition) is 7. The molecule has 0 spiro atoms. The predicted octanol–water partition coefficient (Wildman–Crippen LogP) is 8.76. The summed E-state index contributed by atoms with van der Waals surface area (Å²) in [5, 5.41) is 23.4. The van der Waals surface area contributed by atoms with Gasteiger partial charge in [0.1, 0.15) is 28.4 Å². The van der Waals surface area contributed by atoms with E-state index in [1.807, 2.05) is 0 Å². The second-order valence-electron chi connectivity index (χ2n) is 10.2. The van der Waals surface area contributed by atoms with Gasteiger partial charge in [0.15, 0.2) is 0 Å². The molecule has 0 radical (unpaired) electrons. The molecule has 0 fully saturated rings. The van der Waals surface area contributed by atoms with E-state index in [9.17, 15) is 19.8 Å². The standard InChI is InChI=1S/C33H30Br2O7/c1-2-3-4-5-6-11-16-40-31-22(34)17-19(18-23(31)35)26(27-29(36)20-12-7-9-14-24(20)41-32(27)38)28-30(37)21-13-8-10-15-25(21)42-33(28)39/h7-10,12-15,17-18,26,36-37H,2-6,11,16H2,1H3. The summed E-state index contributed by atoms with van der Waals surface area (Å²) in [5.41, 5.74) is -1.30. The average molecular weight is 698 g/mol. The molecule has 3 aromatic carbocycles. The lowest BCUT2D eigenvalue weighted by Gasteiger charge is -2.21. The summed E-state index contributed by atoms with van der Waals surface area (Å²) in [6, 6.07) is 16.5. The summed E-state index contributed by atoms with van der Waals surface area (Å²) in [4.78, 5) is 26.9. The van der Waals surface area contributed by atoms with E-state index in [-0.39, 0.29) is 33.8 Å². The molecule has 218 valence electrons. The van der Waals surface area contributed by atoms with Crippen LogP contribution in [0, 0.1) is 0 Å². The van der Waals surface area contributed by atoms with Crippen LogP contribution in [-0.4, -0.2) is 16.8 Å². The first-order valence-electron chi connectivity index (χ1n) is 13.9. The van der Waals surface area contributed by atoms with Crippen LogP contribution in [0.15, 0.2) is 88.0 Å². The van der Waals surface area contributed by atoms with Gasteiger partial charge in [-0.05, 0) is 80.2 Å². The van der Waals surface area contributed by atoms with Gasteiger partial charge < -0.3 is 23.8 Å². The molecule has 0 unspecified atom stereocenters. The lowest BCUT2D eigenvalue weighted by atomic mass is 9.84. The summed E-state index contributed by atoms with van der Waals surface area (Å²) in [6.45, 7) is 2.71. The van der Waals surface area contributed by atoms with Crippen molar-refractivity contribution in [2.45, 2.75) is 51.4 Å². The van der Waals surface area contributed by atoms with E-state index >= 15 is 0 Å². The van der Waals surface area contributed by atoms with Gasteiger partial charge in [-0.1, -0.05) is 63.3 Å². The van der Waals surface area contributed by atoms with Crippen molar-refractivity contribution in [2.75, 3.05) is 6.61 Å². The highest BCUT2D eigenvalue weighted by Gasteiger charge is 2.33. The van der Waals surface area contributed by atoms with Crippen molar-refractivity contribution >= 4 is 53.8 Å². The first-order chi connectivity index (χ1) is 20.3. The van der Waals surface area contributed by atoms with Crippen LogP contribution in [0.5, 0.6) is 17.2 Å². The molecule has 0 aliphatic rings. The molecule has 2 aromatic heterocycles. The van der Waals surface area contributed by atoms with Crippen molar-refractivity contribution in [3.05, 3.63) is 107 Å². The van der Waals surface area contributed by atoms with Gasteiger partial charge in [0, 0.05) is 0 Å². The number of unbranched alkanes of at least 4 members (excludes halogenated alkanes) is 5. The second kappa shape index (κ2) is 13.2. The van der Waals surface area contributed by atoms with Crippen LogP contribution >= 0.6 is 31.9 Å².